The first-order valence-electron chi connectivity index (χ1n) is 28.4. The van der Waals surface area contributed by atoms with Crippen molar-refractivity contribution in [1.82, 2.24) is 19.6 Å². The number of alkyl halides is 2. The van der Waals surface area contributed by atoms with E-state index in [0.29, 0.717) is 46.1 Å². The Hall–Kier alpha value is -4.08. The number of benzene rings is 3. The third-order valence-electron chi connectivity index (χ3n) is 18.2. The Labute approximate surface area is 487 Å². The summed E-state index contributed by atoms with van der Waals surface area (Å²) in [4.78, 5) is 22.7. The number of carbonyl (C=O) groups is 1. The minimum absolute atomic E-state index is 0.00861. The van der Waals surface area contributed by atoms with E-state index in [0.717, 1.165) is 24.0 Å². The van der Waals surface area contributed by atoms with E-state index in [4.69, 9.17) is 57.9 Å². The van der Waals surface area contributed by atoms with Crippen molar-refractivity contribution in [2.75, 3.05) is 46.2 Å². The summed E-state index contributed by atoms with van der Waals surface area (Å²) in [7, 11) is 4.17. The molecule has 4 fully saturated rings. The molecule has 3 aromatic rings. The molecule has 78 heavy (non-hydrogen) atoms. The highest BCUT2D eigenvalue weighted by molar-refractivity contribution is 8.06. The Morgan fingerprint density at radius 1 is 0.731 bits per heavy atom. The van der Waals surface area contributed by atoms with Crippen molar-refractivity contribution in [2.45, 2.75) is 161 Å². The minimum atomic E-state index is -1.83. The molecule has 4 N–H and O–H groups in total. The summed E-state index contributed by atoms with van der Waals surface area (Å²) in [5.74, 6) is 1.64. The van der Waals surface area contributed by atoms with Crippen LogP contribution in [0.2, 0.25) is 13.6 Å². The van der Waals surface area contributed by atoms with E-state index in [9.17, 15) is 25.5 Å². The topological polar surface area (TPSA) is 195 Å². The number of aliphatic hydroxyl groups is 3. The number of phenols is 1. The maximum Gasteiger partial charge on any atom is 0.231 e. The molecule has 0 saturated carbocycles. The number of aromatic hydroxyl groups is 1. The first-order chi connectivity index (χ1) is 38.8. The lowest BCUT2D eigenvalue weighted by molar-refractivity contribution is -0.150. The largest absolute Gasteiger partial charge is 0.507 e. The number of phenolic OH excluding ortho intramolecular Hbond substituents is 1. The molecular formula is C57H74B2Cl2N6O9S2. The molecule has 8 heterocycles. The first kappa shape index (κ1) is 54.5. The van der Waals surface area contributed by atoms with Gasteiger partial charge in [0.15, 0.2) is 47.4 Å². The number of aryl methyl sites for hydroxylation is 2. The van der Waals surface area contributed by atoms with Crippen LogP contribution in [-0.4, -0.2) is 159 Å². The summed E-state index contributed by atoms with van der Waals surface area (Å²) >= 11 is 16.8. The van der Waals surface area contributed by atoms with E-state index < -0.39 is 35.6 Å². The summed E-state index contributed by atoms with van der Waals surface area (Å²) in [6, 6.07) is 7.07. The highest BCUT2D eigenvalue weighted by atomic mass is 35.5. The number of nitrogens with zero attached hydrogens (tertiary/aromatic N) is 6. The van der Waals surface area contributed by atoms with Gasteiger partial charge in [0.25, 0.3) is 0 Å². The first-order valence-corrected chi connectivity index (χ1v) is 28.5. The number of halogens is 2. The smallest absolute Gasteiger partial charge is 0.231 e. The zero-order valence-corrected chi connectivity index (χ0v) is 49.8. The van der Waals surface area contributed by atoms with E-state index >= 15 is 0 Å². The van der Waals surface area contributed by atoms with Crippen molar-refractivity contribution in [1.29, 1.82) is 16.1 Å². The van der Waals surface area contributed by atoms with Gasteiger partial charge in [0.1, 0.15) is 17.8 Å². The summed E-state index contributed by atoms with van der Waals surface area (Å²) in [5.41, 5.74) is 13.8. The second-order valence-electron chi connectivity index (χ2n) is 21.6. The maximum atomic E-state index is 13.7. The number of hydrogen-bond acceptors (Lipinski definition) is 17. The third kappa shape index (κ3) is 9.33. The Morgan fingerprint density at radius 3 is 1.71 bits per heavy atom. The van der Waals surface area contributed by atoms with Crippen molar-refractivity contribution in [3.63, 3.8) is 0 Å². The van der Waals surface area contributed by atoms with Crippen LogP contribution in [-0.2, 0) is 33.5 Å². The van der Waals surface area contributed by atoms with Crippen molar-refractivity contribution >= 4 is 67.0 Å². The van der Waals surface area contributed by atoms with Crippen molar-refractivity contribution in [3.8, 4) is 29.4 Å². The zero-order chi connectivity index (χ0) is 60.3. The molecule has 0 aromatic heterocycles. The number of ketones is 1. The zero-order valence-electron chi connectivity index (χ0n) is 50.5. The van der Waals surface area contributed by atoms with Crippen LogP contribution in [0, 0.1) is 71.1 Å². The van der Waals surface area contributed by atoms with Crippen LogP contribution in [0.25, 0.3) is 0 Å². The second-order valence-corrected chi connectivity index (χ2v) is 23.4. The molecule has 8 aliphatic heterocycles. The van der Waals surface area contributed by atoms with Gasteiger partial charge in [-0.1, -0.05) is 25.8 Å². The van der Waals surface area contributed by atoms with Gasteiger partial charge >= 0.3 is 0 Å². The highest BCUT2D eigenvalue weighted by Gasteiger charge is 2.64. The molecule has 15 nitrogen and oxygen atoms in total. The Morgan fingerprint density at radius 2 is 1.19 bits per heavy atom. The lowest BCUT2D eigenvalue weighted by atomic mass is 9.64. The molecule has 0 radical (unpaired) electrons. The number of fused-ring (bicyclic) bond motifs is 17. The van der Waals surface area contributed by atoms with Gasteiger partial charge in [-0.25, -0.2) is 25.0 Å². The van der Waals surface area contributed by atoms with Crippen molar-refractivity contribution < 1.29 is 44.2 Å². The van der Waals surface area contributed by atoms with Crippen LogP contribution >= 0.6 is 48.2 Å². The summed E-state index contributed by atoms with van der Waals surface area (Å²) in [5, 5.41) is 54.5. The lowest BCUT2D eigenvalue weighted by Crippen LogP contribution is -2.74. The normalized spacial score (nSPS) is 30.2. The fourth-order valence-corrected chi connectivity index (χ4v) is 14.6. The SMILES string of the molecule is ClCCl.[2H]B(C)S.[2H]B(C)S.[3H]OC[C@H]1C2=C3OCOC3=C(C)C(=O)C2(O)CC2[C@H]3c4c(cc(C)c(C)c4C)C[C@@H]([C@H](C#N)N21)N3C.[3H]OC[C@H]1c2c(c(O)c(C)c3c2OCO3)CC2[C@H]3c4c(cc(C)c(C)c4C)C[C@@H]([C@H](C#N)N21)N3C. The number of aliphatic hydroxyl groups excluding tert-OH is 2. The van der Waals surface area contributed by atoms with E-state index in [1.54, 1.807) is 20.6 Å². The number of ether oxygens (including phenoxy) is 4. The van der Waals surface area contributed by atoms with Gasteiger partial charge in [0.2, 0.25) is 16.4 Å². The second kappa shape index (κ2) is 23.8. The van der Waals surface area contributed by atoms with Crippen LogP contribution in [0.15, 0.2) is 34.8 Å². The van der Waals surface area contributed by atoms with E-state index in [1.807, 2.05) is 14.0 Å². The molecule has 21 heteroatoms. The maximum absolute atomic E-state index is 13.7. The van der Waals surface area contributed by atoms with Gasteiger partial charge in [-0.3, -0.25) is 24.4 Å². The molecular weight excluding hydrogens is 1070 g/mol. The Kier molecular flexibility index (Phi) is 16.6. The molecule has 0 amide bonds. The van der Waals surface area contributed by atoms with Gasteiger partial charge in [-0.05, 0) is 147 Å². The fraction of sp³-hybridized carbons (Fsp3) is 0.561. The van der Waals surface area contributed by atoms with E-state index in [1.165, 1.54) is 55.6 Å². The number of nitriles is 2. The monoisotopic (exact) mass is 1150 g/mol. The number of hydrogen-bond donors (Lipinski definition) is 6. The highest BCUT2D eigenvalue weighted by Crippen LogP contribution is 2.58. The predicted octanol–water partition coefficient (Wildman–Crippen LogP) is 6.87. The van der Waals surface area contributed by atoms with E-state index in [-0.39, 0.29) is 93.6 Å². The lowest BCUT2D eigenvalue weighted by Gasteiger charge is -2.62. The number of likely N-dealkylation sites (N-methyl/N-ethyl adjacent to an activating group) is 2. The molecule has 4 saturated heterocycles. The molecule has 3 aromatic carbocycles. The van der Waals surface area contributed by atoms with Crippen LogP contribution in [0.3, 0.4) is 0 Å². The number of Topliss-reactive ketones (excluding diaryl/α,β-unsaturated/α-hetero) is 1. The van der Waals surface area contributed by atoms with E-state index in [2.05, 4.69) is 117 Å². The summed E-state index contributed by atoms with van der Waals surface area (Å²) in [6.45, 7) is 19.4. The van der Waals surface area contributed by atoms with Gasteiger partial charge < -0.3 is 39.4 Å². The molecule has 418 valence electrons. The van der Waals surface area contributed by atoms with Gasteiger partial charge in [-0.2, -0.15) is 10.5 Å². The van der Waals surface area contributed by atoms with Gasteiger partial charge in [0, 0.05) is 58.4 Å². The summed E-state index contributed by atoms with van der Waals surface area (Å²) < 4.78 is 51.2. The molecule has 3 unspecified atom stereocenters. The molecule has 1 aliphatic carbocycles. The Bertz CT molecular complexity index is 3150. The molecule has 4 bridgehead atoms. The number of piperidine rings is 1. The van der Waals surface area contributed by atoms with Crippen LogP contribution < -0.4 is 9.47 Å². The molecule has 12 rings (SSSR count). The quantitative estimate of drug-likeness (QED) is 0.0900. The standard InChI is InChI=1S/C27H31N3O5.C27H31N3O4.2CH5BS.CH2Cl2/c1-12-6-16-7-17-19(9-28)30-18(23(29(17)5)21(16)14(3)13(12)2)8-27(33)22(20(30)10-31)25-24(34-11-35-25)15(4)26(27)32;1-12-6-16-7-18-20(9-28)30-19(24(29(18)5)22(16)14(3)13(12)2)8-17-23(21(30)10-31)27-26(33-11-34-27)15(4)25(17)32;2*1-2-3;2-1-3/h6,17-20,23,31,33H,7-8,10-11H2,1-5H3;6,18-21,24,31-32H,7-8,10-11H2,1-5H3;2*2-3H,1H3;1H2/t17-,18?,19-,20-,23-,27?;18-,19?,20-,21-,24-;;;/m00.../s1/i2*31T;2*2D;. The van der Waals surface area contributed by atoms with Gasteiger partial charge in [0.05, 0.1) is 54.9 Å². The third-order valence-corrected chi connectivity index (χ3v) is 18.2. The predicted molar refractivity (Wildman–Crippen MR) is 313 cm³/mol. The average Bonchev–Trinajstić information content (AvgIpc) is 0.991. The molecule has 9 aliphatic rings. The Balaban J connectivity index is 0.000000182. The summed E-state index contributed by atoms with van der Waals surface area (Å²) in [6.07, 6.45) is 2.20. The number of rotatable bonds is 4. The number of piperazine rings is 2. The van der Waals surface area contributed by atoms with Crippen LogP contribution in [0.4, 0.5) is 0 Å². The minimum Gasteiger partial charge on any atom is -0.507 e. The van der Waals surface area contributed by atoms with Crippen LogP contribution in [0.1, 0.15) is 104 Å². The average molecular weight is 1150 g/mol. The number of carbonyl (C=O) groups excluding carboxylic acids is 1. The van der Waals surface area contributed by atoms with Crippen molar-refractivity contribution in [3.05, 3.63) is 107 Å². The van der Waals surface area contributed by atoms with Crippen LogP contribution in [0.5, 0.6) is 17.2 Å². The molecule has 11 atom stereocenters. The van der Waals surface area contributed by atoms with Gasteiger partial charge in [-0.15, -0.1) is 23.2 Å². The number of thiol groups is 2. The van der Waals surface area contributed by atoms with Crippen molar-refractivity contribution in [2.24, 2.45) is 0 Å². The molecule has 0 spiro atoms. The fourth-order valence-electron chi connectivity index (χ4n) is 14.6.